The second kappa shape index (κ2) is 6.39. The van der Waals surface area contributed by atoms with Crippen molar-refractivity contribution in [3.05, 3.63) is 59.9 Å². The Labute approximate surface area is 118 Å². The first-order valence-electron chi connectivity index (χ1n) is 6.43. The van der Waals surface area contributed by atoms with Gasteiger partial charge in [0.15, 0.2) is 11.6 Å². The van der Waals surface area contributed by atoms with Gasteiger partial charge in [-0.15, -0.1) is 0 Å². The number of nitrogens with two attached hydrogens (primary N) is 1. The zero-order valence-corrected chi connectivity index (χ0v) is 11.5. The highest BCUT2D eigenvalue weighted by molar-refractivity contribution is 5.37. The summed E-state index contributed by atoms with van der Waals surface area (Å²) in [6, 6.07) is 13.4. The molecule has 2 aromatic rings. The number of benzene rings is 2. The Kier molecular flexibility index (Phi) is 4.58. The van der Waals surface area contributed by atoms with Crippen LogP contribution in [0.25, 0.3) is 0 Å². The molecule has 0 heterocycles. The lowest BCUT2D eigenvalue weighted by molar-refractivity contribution is 0.168. The smallest absolute Gasteiger partial charge is 0.165 e. The van der Waals surface area contributed by atoms with Gasteiger partial charge in [-0.1, -0.05) is 30.3 Å². The van der Waals surface area contributed by atoms with Gasteiger partial charge in [-0.3, -0.25) is 0 Å². The number of para-hydroxylation sites is 2. The molecule has 3 nitrogen and oxygen atoms in total. The normalized spacial score (nSPS) is 13.6. The molecule has 0 fully saturated rings. The van der Waals surface area contributed by atoms with Gasteiger partial charge in [0.1, 0.15) is 11.9 Å². The SMILES string of the molecule is COc1ccccc1C(Oc1ccccc1F)C(C)N. The van der Waals surface area contributed by atoms with E-state index in [0.717, 1.165) is 5.56 Å². The molecule has 2 rings (SSSR count). The van der Waals surface area contributed by atoms with Gasteiger partial charge in [0.25, 0.3) is 0 Å². The van der Waals surface area contributed by atoms with Crippen molar-refractivity contribution in [3.8, 4) is 11.5 Å². The molecule has 0 spiro atoms. The Morgan fingerprint density at radius 3 is 2.20 bits per heavy atom. The molecule has 0 saturated carbocycles. The number of halogens is 1. The van der Waals surface area contributed by atoms with Gasteiger partial charge in [0.2, 0.25) is 0 Å². The summed E-state index contributed by atoms with van der Waals surface area (Å²) in [7, 11) is 1.58. The second-order valence-electron chi connectivity index (χ2n) is 4.57. The van der Waals surface area contributed by atoms with Crippen LogP contribution >= 0.6 is 0 Å². The van der Waals surface area contributed by atoms with Crippen molar-refractivity contribution < 1.29 is 13.9 Å². The maximum atomic E-state index is 13.7. The van der Waals surface area contributed by atoms with E-state index in [-0.39, 0.29) is 11.8 Å². The molecule has 0 aromatic heterocycles. The summed E-state index contributed by atoms with van der Waals surface area (Å²) in [6.07, 6.45) is -0.483. The van der Waals surface area contributed by atoms with E-state index in [1.807, 2.05) is 31.2 Å². The van der Waals surface area contributed by atoms with Crippen molar-refractivity contribution >= 4 is 0 Å². The first-order valence-corrected chi connectivity index (χ1v) is 6.43. The second-order valence-corrected chi connectivity index (χ2v) is 4.57. The van der Waals surface area contributed by atoms with Gasteiger partial charge in [0.05, 0.1) is 7.11 Å². The number of hydrogen-bond donors (Lipinski definition) is 1. The molecule has 0 aliphatic heterocycles. The Balaban J connectivity index is 2.35. The lowest BCUT2D eigenvalue weighted by Gasteiger charge is -2.24. The van der Waals surface area contributed by atoms with E-state index >= 15 is 0 Å². The summed E-state index contributed by atoms with van der Waals surface area (Å²) in [6.45, 7) is 1.82. The Bertz CT molecular complexity index is 572. The van der Waals surface area contributed by atoms with E-state index in [4.69, 9.17) is 15.2 Å². The van der Waals surface area contributed by atoms with E-state index in [1.54, 1.807) is 25.3 Å². The fourth-order valence-corrected chi connectivity index (χ4v) is 2.03. The van der Waals surface area contributed by atoms with E-state index in [2.05, 4.69) is 0 Å². The highest BCUT2D eigenvalue weighted by Gasteiger charge is 2.22. The van der Waals surface area contributed by atoms with Crippen LogP contribution in [0.2, 0.25) is 0 Å². The number of methoxy groups -OCH3 is 1. The molecule has 2 unspecified atom stereocenters. The molecule has 2 N–H and O–H groups in total. The van der Waals surface area contributed by atoms with E-state index in [9.17, 15) is 4.39 Å². The third kappa shape index (κ3) is 3.08. The van der Waals surface area contributed by atoms with Gasteiger partial charge >= 0.3 is 0 Å². The van der Waals surface area contributed by atoms with Crippen LogP contribution in [-0.2, 0) is 0 Å². The number of ether oxygens (including phenoxy) is 2. The predicted molar refractivity (Wildman–Crippen MR) is 76.4 cm³/mol. The van der Waals surface area contributed by atoms with E-state index in [1.165, 1.54) is 6.07 Å². The van der Waals surface area contributed by atoms with Crippen LogP contribution in [0.4, 0.5) is 4.39 Å². The van der Waals surface area contributed by atoms with Crippen molar-refractivity contribution in [2.45, 2.75) is 19.1 Å². The van der Waals surface area contributed by atoms with Crippen molar-refractivity contribution in [1.29, 1.82) is 0 Å². The van der Waals surface area contributed by atoms with E-state index < -0.39 is 11.9 Å². The summed E-state index contributed by atoms with van der Waals surface area (Å²) in [5.74, 6) is 0.444. The van der Waals surface area contributed by atoms with Crippen LogP contribution in [0, 0.1) is 5.82 Å². The Morgan fingerprint density at radius 1 is 1.00 bits per heavy atom. The topological polar surface area (TPSA) is 44.5 Å². The minimum Gasteiger partial charge on any atom is -0.496 e. The van der Waals surface area contributed by atoms with Crippen molar-refractivity contribution in [2.75, 3.05) is 7.11 Å². The molecule has 2 atom stereocenters. The largest absolute Gasteiger partial charge is 0.496 e. The molecule has 0 aliphatic carbocycles. The van der Waals surface area contributed by atoms with Crippen LogP contribution in [-0.4, -0.2) is 13.2 Å². The van der Waals surface area contributed by atoms with Gasteiger partial charge in [-0.2, -0.15) is 0 Å². The van der Waals surface area contributed by atoms with Gasteiger partial charge in [0, 0.05) is 11.6 Å². The molecule has 4 heteroatoms. The van der Waals surface area contributed by atoms with Crippen LogP contribution in [0.1, 0.15) is 18.6 Å². The first kappa shape index (κ1) is 14.3. The van der Waals surface area contributed by atoms with Crippen molar-refractivity contribution in [1.82, 2.24) is 0 Å². The van der Waals surface area contributed by atoms with E-state index in [0.29, 0.717) is 5.75 Å². The zero-order chi connectivity index (χ0) is 14.5. The van der Waals surface area contributed by atoms with Crippen LogP contribution < -0.4 is 15.2 Å². The fourth-order valence-electron chi connectivity index (χ4n) is 2.03. The minimum atomic E-state index is -0.483. The van der Waals surface area contributed by atoms with Gasteiger partial charge in [-0.05, 0) is 25.1 Å². The van der Waals surface area contributed by atoms with Crippen LogP contribution in [0.3, 0.4) is 0 Å². The van der Waals surface area contributed by atoms with Crippen molar-refractivity contribution in [3.63, 3.8) is 0 Å². The summed E-state index contributed by atoms with van der Waals surface area (Å²) in [5.41, 5.74) is 6.79. The molecule has 0 amide bonds. The lowest BCUT2D eigenvalue weighted by atomic mass is 10.0. The molecule has 0 saturated heterocycles. The summed E-state index contributed by atoms with van der Waals surface area (Å²) in [5, 5.41) is 0. The molecule has 2 aromatic carbocycles. The average molecular weight is 275 g/mol. The van der Waals surface area contributed by atoms with Crippen molar-refractivity contribution in [2.24, 2.45) is 5.73 Å². The molecule has 0 radical (unpaired) electrons. The lowest BCUT2D eigenvalue weighted by Crippen LogP contribution is -2.29. The third-order valence-corrected chi connectivity index (χ3v) is 3.01. The average Bonchev–Trinajstić information content (AvgIpc) is 2.46. The molecule has 0 aliphatic rings. The third-order valence-electron chi connectivity index (χ3n) is 3.01. The molecule has 106 valence electrons. The quantitative estimate of drug-likeness (QED) is 0.910. The number of hydrogen-bond acceptors (Lipinski definition) is 3. The molecule has 20 heavy (non-hydrogen) atoms. The standard InChI is InChI=1S/C16H18FNO2/c1-11(18)16(12-7-3-5-9-14(12)19-2)20-15-10-6-4-8-13(15)17/h3-11,16H,18H2,1-2H3. The fraction of sp³-hybridized carbons (Fsp3) is 0.250. The summed E-state index contributed by atoms with van der Waals surface area (Å²) < 4.78 is 24.8. The summed E-state index contributed by atoms with van der Waals surface area (Å²) >= 11 is 0. The maximum Gasteiger partial charge on any atom is 0.165 e. The Morgan fingerprint density at radius 2 is 1.60 bits per heavy atom. The zero-order valence-electron chi connectivity index (χ0n) is 11.5. The highest BCUT2D eigenvalue weighted by Crippen LogP contribution is 2.31. The predicted octanol–water partition coefficient (Wildman–Crippen LogP) is 3.30. The Hall–Kier alpha value is -2.07. The highest BCUT2D eigenvalue weighted by atomic mass is 19.1. The molecule has 0 bridgehead atoms. The van der Waals surface area contributed by atoms with Crippen LogP contribution in [0.5, 0.6) is 11.5 Å². The minimum absolute atomic E-state index is 0.181. The summed E-state index contributed by atoms with van der Waals surface area (Å²) in [4.78, 5) is 0. The van der Waals surface area contributed by atoms with Gasteiger partial charge < -0.3 is 15.2 Å². The van der Waals surface area contributed by atoms with Crippen LogP contribution in [0.15, 0.2) is 48.5 Å². The van der Waals surface area contributed by atoms with Gasteiger partial charge in [-0.25, -0.2) is 4.39 Å². The number of rotatable bonds is 5. The monoisotopic (exact) mass is 275 g/mol. The maximum absolute atomic E-state index is 13.7. The first-order chi connectivity index (χ1) is 9.63. The molecular weight excluding hydrogens is 257 g/mol. The molecular formula is C16H18FNO2.